The van der Waals surface area contributed by atoms with Gasteiger partial charge in [-0.25, -0.2) is 4.98 Å². The first-order chi connectivity index (χ1) is 13.1. The monoisotopic (exact) mass is 387 g/mol. The van der Waals surface area contributed by atoms with Crippen LogP contribution in [0.15, 0.2) is 30.3 Å². The van der Waals surface area contributed by atoms with Gasteiger partial charge in [-0.05, 0) is 38.3 Å². The topological polar surface area (TPSA) is 97.4 Å². The van der Waals surface area contributed by atoms with Crippen molar-refractivity contribution in [2.75, 3.05) is 18.5 Å². The van der Waals surface area contributed by atoms with E-state index in [9.17, 15) is 14.4 Å². The zero-order valence-corrected chi connectivity index (χ0v) is 15.8. The number of aromatic nitrogens is 1. The average Bonchev–Trinajstić information content (AvgIpc) is 3.08. The quantitative estimate of drug-likeness (QED) is 0.741. The Balaban J connectivity index is 1.52. The first-order valence-electron chi connectivity index (χ1n) is 8.85. The van der Waals surface area contributed by atoms with Crippen molar-refractivity contribution in [2.45, 2.75) is 26.2 Å². The number of carbonyl (C=O) groups is 3. The number of hydrogen-bond acceptors (Lipinski definition) is 6. The molecule has 0 saturated carbocycles. The van der Waals surface area contributed by atoms with Crippen molar-refractivity contribution in [2.24, 2.45) is 5.92 Å². The molecule has 0 saturated heterocycles. The summed E-state index contributed by atoms with van der Waals surface area (Å²) in [6.45, 7) is 2.04. The predicted molar refractivity (Wildman–Crippen MR) is 102 cm³/mol. The Morgan fingerprint density at radius 1 is 1.26 bits per heavy atom. The van der Waals surface area contributed by atoms with Crippen molar-refractivity contribution in [1.29, 1.82) is 0 Å². The second-order valence-corrected chi connectivity index (χ2v) is 7.26. The Labute approximate surface area is 161 Å². The largest absolute Gasteiger partial charge is 0.466 e. The molecule has 1 unspecified atom stereocenters. The third kappa shape index (κ3) is 4.91. The standard InChI is InChI=1S/C19H21N3O4S/c1-2-26-18(25)13-8-9-14-15(10-13)27-19(21-14)22-16(23)11-20-17(24)12-6-4-3-5-7-12/h3-7,13H,2,8-11H2,1H3,(H,20,24)(H,21,22,23). The number of anilines is 1. The second-order valence-electron chi connectivity index (χ2n) is 6.18. The summed E-state index contributed by atoms with van der Waals surface area (Å²) in [6.07, 6.45) is 1.98. The highest BCUT2D eigenvalue weighted by atomic mass is 32.1. The van der Waals surface area contributed by atoms with Gasteiger partial charge in [-0.2, -0.15) is 0 Å². The minimum atomic E-state index is -0.340. The smallest absolute Gasteiger partial charge is 0.309 e. The Kier molecular flexibility index (Phi) is 6.18. The number of aryl methyl sites for hydroxylation is 1. The number of rotatable bonds is 6. The van der Waals surface area contributed by atoms with Crippen LogP contribution in [0.2, 0.25) is 0 Å². The Morgan fingerprint density at radius 3 is 2.78 bits per heavy atom. The molecule has 1 aromatic carbocycles. The molecule has 142 valence electrons. The molecule has 1 aromatic heterocycles. The van der Waals surface area contributed by atoms with E-state index in [1.807, 2.05) is 6.07 Å². The van der Waals surface area contributed by atoms with E-state index in [1.165, 1.54) is 11.3 Å². The van der Waals surface area contributed by atoms with Gasteiger partial charge in [0.15, 0.2) is 5.13 Å². The molecule has 0 spiro atoms. The first-order valence-corrected chi connectivity index (χ1v) is 9.66. The number of carbonyl (C=O) groups excluding carboxylic acids is 3. The number of nitrogens with zero attached hydrogens (tertiary/aromatic N) is 1. The van der Waals surface area contributed by atoms with Gasteiger partial charge in [-0.1, -0.05) is 18.2 Å². The van der Waals surface area contributed by atoms with E-state index in [-0.39, 0.29) is 30.2 Å². The van der Waals surface area contributed by atoms with E-state index in [0.29, 0.717) is 36.6 Å². The third-order valence-corrected chi connectivity index (χ3v) is 5.29. The van der Waals surface area contributed by atoms with Crippen LogP contribution in [0.1, 0.15) is 34.3 Å². The van der Waals surface area contributed by atoms with E-state index in [0.717, 1.165) is 10.6 Å². The lowest BCUT2D eigenvalue weighted by atomic mass is 9.91. The predicted octanol–water partition coefficient (Wildman–Crippen LogP) is 2.18. The van der Waals surface area contributed by atoms with Crippen molar-refractivity contribution < 1.29 is 19.1 Å². The van der Waals surface area contributed by atoms with Crippen LogP contribution in [0.25, 0.3) is 0 Å². The maximum atomic E-state index is 12.1. The van der Waals surface area contributed by atoms with Crippen LogP contribution < -0.4 is 10.6 Å². The summed E-state index contributed by atoms with van der Waals surface area (Å²) in [7, 11) is 0. The summed E-state index contributed by atoms with van der Waals surface area (Å²) in [6, 6.07) is 8.71. The van der Waals surface area contributed by atoms with Crippen molar-refractivity contribution in [3.05, 3.63) is 46.5 Å². The maximum absolute atomic E-state index is 12.1. The Hall–Kier alpha value is -2.74. The summed E-state index contributed by atoms with van der Waals surface area (Å²) in [5.74, 6) is -0.967. The number of amides is 2. The molecule has 1 heterocycles. The van der Waals surface area contributed by atoms with Gasteiger partial charge in [0.2, 0.25) is 5.91 Å². The number of benzene rings is 1. The Bertz CT molecular complexity index is 835. The van der Waals surface area contributed by atoms with E-state index in [2.05, 4.69) is 15.6 Å². The molecular weight excluding hydrogens is 366 g/mol. The molecule has 7 nitrogen and oxygen atoms in total. The zero-order chi connectivity index (χ0) is 19.2. The molecule has 1 aliphatic rings. The van der Waals surface area contributed by atoms with Gasteiger partial charge in [0.1, 0.15) is 0 Å². The molecule has 2 amide bonds. The Morgan fingerprint density at radius 2 is 2.04 bits per heavy atom. The van der Waals surface area contributed by atoms with E-state index < -0.39 is 0 Å². The molecule has 3 rings (SSSR count). The average molecular weight is 387 g/mol. The molecular formula is C19H21N3O4S. The maximum Gasteiger partial charge on any atom is 0.309 e. The van der Waals surface area contributed by atoms with Crippen LogP contribution in [-0.2, 0) is 27.2 Å². The molecule has 2 N–H and O–H groups in total. The fourth-order valence-electron chi connectivity index (χ4n) is 2.91. The minimum absolute atomic E-state index is 0.135. The van der Waals surface area contributed by atoms with Crippen LogP contribution in [-0.4, -0.2) is 35.9 Å². The molecule has 1 atom stereocenters. The molecule has 8 heteroatoms. The molecule has 0 radical (unpaired) electrons. The summed E-state index contributed by atoms with van der Waals surface area (Å²) >= 11 is 1.37. The third-order valence-electron chi connectivity index (χ3n) is 4.25. The fraction of sp³-hybridized carbons (Fsp3) is 0.368. The number of esters is 1. The van der Waals surface area contributed by atoms with E-state index in [4.69, 9.17) is 4.74 Å². The van der Waals surface area contributed by atoms with E-state index >= 15 is 0 Å². The highest BCUT2D eigenvalue weighted by Crippen LogP contribution is 2.32. The molecule has 0 bridgehead atoms. The van der Waals surface area contributed by atoms with Crippen molar-refractivity contribution in [1.82, 2.24) is 10.3 Å². The van der Waals surface area contributed by atoms with Gasteiger partial charge in [0.05, 0.1) is 24.8 Å². The zero-order valence-electron chi connectivity index (χ0n) is 15.0. The number of ether oxygens (including phenoxy) is 1. The minimum Gasteiger partial charge on any atom is -0.466 e. The summed E-state index contributed by atoms with van der Waals surface area (Å²) in [5, 5.41) is 5.78. The van der Waals surface area contributed by atoms with Crippen LogP contribution in [0, 0.1) is 5.92 Å². The lowest BCUT2D eigenvalue weighted by Crippen LogP contribution is -2.32. The lowest BCUT2D eigenvalue weighted by molar-refractivity contribution is -0.148. The van der Waals surface area contributed by atoms with Gasteiger partial charge in [0.25, 0.3) is 5.91 Å². The molecule has 2 aromatic rings. The van der Waals surface area contributed by atoms with Gasteiger partial charge in [0, 0.05) is 10.4 Å². The fourth-order valence-corrected chi connectivity index (χ4v) is 4.01. The number of hydrogen-bond donors (Lipinski definition) is 2. The normalized spacial score (nSPS) is 15.5. The SMILES string of the molecule is CCOC(=O)C1CCc2nc(NC(=O)CNC(=O)c3ccccc3)sc2C1. The van der Waals surface area contributed by atoms with Crippen molar-refractivity contribution in [3.63, 3.8) is 0 Å². The lowest BCUT2D eigenvalue weighted by Gasteiger charge is -2.18. The highest BCUT2D eigenvalue weighted by Gasteiger charge is 2.28. The molecule has 27 heavy (non-hydrogen) atoms. The van der Waals surface area contributed by atoms with Crippen LogP contribution in [0.3, 0.4) is 0 Å². The molecule has 1 aliphatic carbocycles. The summed E-state index contributed by atoms with van der Waals surface area (Å²) in [5.41, 5.74) is 1.42. The molecule has 0 fully saturated rings. The van der Waals surface area contributed by atoms with Gasteiger partial charge in [-0.15, -0.1) is 11.3 Å². The number of fused-ring (bicyclic) bond motifs is 1. The highest BCUT2D eigenvalue weighted by molar-refractivity contribution is 7.15. The van der Waals surface area contributed by atoms with E-state index in [1.54, 1.807) is 31.2 Å². The van der Waals surface area contributed by atoms with Crippen LogP contribution in [0.5, 0.6) is 0 Å². The first kappa shape index (κ1) is 19.0. The van der Waals surface area contributed by atoms with Crippen LogP contribution in [0.4, 0.5) is 5.13 Å². The van der Waals surface area contributed by atoms with Gasteiger partial charge < -0.3 is 15.4 Å². The molecule has 0 aliphatic heterocycles. The van der Waals surface area contributed by atoms with Gasteiger partial charge in [-0.3, -0.25) is 14.4 Å². The summed E-state index contributed by atoms with van der Waals surface area (Å²) in [4.78, 5) is 41.4. The second kappa shape index (κ2) is 8.77. The number of thiazole rings is 1. The number of nitrogens with one attached hydrogen (secondary N) is 2. The van der Waals surface area contributed by atoms with Crippen molar-refractivity contribution in [3.8, 4) is 0 Å². The van der Waals surface area contributed by atoms with Gasteiger partial charge >= 0.3 is 5.97 Å². The summed E-state index contributed by atoms with van der Waals surface area (Å²) < 4.78 is 5.09. The van der Waals surface area contributed by atoms with Crippen molar-refractivity contribution >= 4 is 34.3 Å². The van der Waals surface area contributed by atoms with Crippen LogP contribution >= 0.6 is 11.3 Å².